The van der Waals surface area contributed by atoms with Crippen LogP contribution in [0.15, 0.2) is 24.3 Å². The number of alkyl halides is 1. The van der Waals surface area contributed by atoms with Crippen molar-refractivity contribution in [3.8, 4) is 0 Å². The molecule has 0 spiro atoms. The number of rotatable bonds is 7. The van der Waals surface area contributed by atoms with E-state index >= 15 is 0 Å². The molecule has 94 valence electrons. The summed E-state index contributed by atoms with van der Waals surface area (Å²) in [7, 11) is 0. The molecule has 0 aliphatic carbocycles. The first-order chi connectivity index (χ1) is 8.11. The Bertz CT molecular complexity index is 371. The van der Waals surface area contributed by atoms with Crippen molar-refractivity contribution < 1.29 is 9.18 Å². The van der Waals surface area contributed by atoms with Crippen molar-refractivity contribution in [3.05, 3.63) is 29.8 Å². The van der Waals surface area contributed by atoms with Crippen LogP contribution in [-0.2, 0) is 11.3 Å². The van der Waals surface area contributed by atoms with Crippen LogP contribution in [0.3, 0.4) is 0 Å². The van der Waals surface area contributed by atoms with E-state index in [-0.39, 0.29) is 6.54 Å². The number of benzene rings is 1. The van der Waals surface area contributed by atoms with Crippen molar-refractivity contribution in [2.75, 3.05) is 25.5 Å². The van der Waals surface area contributed by atoms with E-state index in [9.17, 15) is 9.18 Å². The fourth-order valence-electron chi connectivity index (χ4n) is 1.67. The molecule has 0 unspecified atom stereocenters. The zero-order valence-corrected chi connectivity index (χ0v) is 9.73. The number of anilines is 1. The maximum absolute atomic E-state index is 12.1. The number of hydrogen-bond donors (Lipinski definition) is 2. The van der Waals surface area contributed by atoms with Gasteiger partial charge < -0.3 is 11.5 Å². The maximum atomic E-state index is 12.1. The lowest BCUT2D eigenvalue weighted by Gasteiger charge is -2.20. The molecule has 0 heterocycles. The van der Waals surface area contributed by atoms with E-state index in [2.05, 4.69) is 0 Å². The zero-order chi connectivity index (χ0) is 12.7. The van der Waals surface area contributed by atoms with E-state index in [0.29, 0.717) is 25.2 Å². The van der Waals surface area contributed by atoms with Crippen LogP contribution in [0, 0.1) is 0 Å². The topological polar surface area (TPSA) is 72.4 Å². The number of hydrogen-bond acceptors (Lipinski definition) is 3. The molecule has 0 saturated heterocycles. The van der Waals surface area contributed by atoms with Gasteiger partial charge in [-0.25, -0.2) is 0 Å². The minimum Gasteiger partial charge on any atom is -0.399 e. The van der Waals surface area contributed by atoms with Crippen LogP contribution in [0.4, 0.5) is 10.1 Å². The van der Waals surface area contributed by atoms with Crippen LogP contribution < -0.4 is 11.5 Å². The van der Waals surface area contributed by atoms with Crippen molar-refractivity contribution in [1.82, 2.24) is 4.90 Å². The Morgan fingerprint density at radius 3 is 2.76 bits per heavy atom. The SMILES string of the molecule is NC(=O)CN(CCCF)Cc1cccc(N)c1. The Labute approximate surface area is 100 Å². The summed E-state index contributed by atoms with van der Waals surface area (Å²) >= 11 is 0. The van der Waals surface area contributed by atoms with E-state index < -0.39 is 12.6 Å². The molecule has 0 aromatic heterocycles. The van der Waals surface area contributed by atoms with Crippen LogP contribution in [0.25, 0.3) is 0 Å². The average Bonchev–Trinajstić information content (AvgIpc) is 2.25. The molecule has 0 aliphatic rings. The second kappa shape index (κ2) is 6.85. The molecule has 0 fully saturated rings. The second-order valence-electron chi connectivity index (χ2n) is 3.96. The lowest BCUT2D eigenvalue weighted by molar-refractivity contribution is -0.119. The lowest BCUT2D eigenvalue weighted by Crippen LogP contribution is -2.34. The van der Waals surface area contributed by atoms with Gasteiger partial charge >= 0.3 is 0 Å². The minimum absolute atomic E-state index is 0.134. The number of nitrogens with zero attached hydrogens (tertiary/aromatic N) is 1. The van der Waals surface area contributed by atoms with Gasteiger partial charge in [-0.2, -0.15) is 0 Å². The van der Waals surface area contributed by atoms with Crippen LogP contribution in [0.1, 0.15) is 12.0 Å². The van der Waals surface area contributed by atoms with Gasteiger partial charge in [0.05, 0.1) is 13.2 Å². The molecule has 1 rings (SSSR count). The standard InChI is InChI=1S/C12H18FN3O/c13-5-2-6-16(9-12(15)17)8-10-3-1-4-11(14)7-10/h1,3-4,7H,2,5-6,8-9,14H2,(H2,15,17). The number of primary amides is 1. The number of halogens is 1. The van der Waals surface area contributed by atoms with Gasteiger partial charge in [-0.15, -0.1) is 0 Å². The van der Waals surface area contributed by atoms with Crippen LogP contribution >= 0.6 is 0 Å². The quantitative estimate of drug-likeness (QED) is 0.695. The molecule has 0 radical (unpaired) electrons. The predicted octanol–water partition coefficient (Wildman–Crippen LogP) is 0.916. The predicted molar refractivity (Wildman–Crippen MR) is 65.9 cm³/mol. The normalized spacial score (nSPS) is 10.7. The molecule has 0 atom stereocenters. The number of carbonyl (C=O) groups is 1. The fourth-order valence-corrected chi connectivity index (χ4v) is 1.67. The molecule has 1 aromatic carbocycles. The lowest BCUT2D eigenvalue weighted by atomic mass is 10.2. The summed E-state index contributed by atoms with van der Waals surface area (Å²) in [6, 6.07) is 7.40. The summed E-state index contributed by atoms with van der Waals surface area (Å²) in [5, 5.41) is 0. The van der Waals surface area contributed by atoms with Gasteiger partial charge in [0.2, 0.25) is 5.91 Å². The summed E-state index contributed by atoms with van der Waals surface area (Å²) < 4.78 is 12.1. The van der Waals surface area contributed by atoms with Gasteiger partial charge in [-0.3, -0.25) is 14.1 Å². The largest absolute Gasteiger partial charge is 0.399 e. The molecule has 0 aliphatic heterocycles. The molecule has 1 amide bonds. The summed E-state index contributed by atoms with van der Waals surface area (Å²) in [5.41, 5.74) is 12.5. The minimum atomic E-state index is -0.409. The Hall–Kier alpha value is -1.62. The summed E-state index contributed by atoms with van der Waals surface area (Å²) in [4.78, 5) is 12.7. The summed E-state index contributed by atoms with van der Waals surface area (Å²) in [5.74, 6) is -0.409. The second-order valence-corrected chi connectivity index (χ2v) is 3.96. The number of carbonyl (C=O) groups excluding carboxylic acids is 1. The number of nitrogen functional groups attached to an aromatic ring is 1. The Kier molecular flexibility index (Phi) is 5.42. The monoisotopic (exact) mass is 239 g/mol. The molecule has 1 aromatic rings. The van der Waals surface area contributed by atoms with Crippen LogP contribution in [0.2, 0.25) is 0 Å². The Morgan fingerprint density at radius 1 is 1.41 bits per heavy atom. The van der Waals surface area contributed by atoms with Gasteiger partial charge in [0, 0.05) is 18.8 Å². The van der Waals surface area contributed by atoms with E-state index in [1.807, 2.05) is 23.1 Å². The highest BCUT2D eigenvalue weighted by Gasteiger charge is 2.08. The van der Waals surface area contributed by atoms with Crippen molar-refractivity contribution in [2.24, 2.45) is 5.73 Å². The van der Waals surface area contributed by atoms with E-state index in [4.69, 9.17) is 11.5 Å². The van der Waals surface area contributed by atoms with Gasteiger partial charge in [0.1, 0.15) is 0 Å². The van der Waals surface area contributed by atoms with Crippen molar-refractivity contribution in [3.63, 3.8) is 0 Å². The highest BCUT2D eigenvalue weighted by molar-refractivity contribution is 5.75. The van der Waals surface area contributed by atoms with Crippen LogP contribution in [0.5, 0.6) is 0 Å². The smallest absolute Gasteiger partial charge is 0.231 e. The highest BCUT2D eigenvalue weighted by atomic mass is 19.1. The molecule has 0 saturated carbocycles. The fraction of sp³-hybridized carbons (Fsp3) is 0.417. The van der Waals surface area contributed by atoms with Crippen molar-refractivity contribution in [2.45, 2.75) is 13.0 Å². The molecule has 5 heteroatoms. The van der Waals surface area contributed by atoms with E-state index in [1.165, 1.54) is 0 Å². The van der Waals surface area contributed by atoms with Gasteiger partial charge in [0.15, 0.2) is 0 Å². The third-order valence-electron chi connectivity index (χ3n) is 2.34. The highest BCUT2D eigenvalue weighted by Crippen LogP contribution is 2.09. The first-order valence-corrected chi connectivity index (χ1v) is 5.53. The summed E-state index contributed by atoms with van der Waals surface area (Å²) in [6.07, 6.45) is 0.398. The molecular formula is C12H18FN3O. The van der Waals surface area contributed by atoms with Gasteiger partial charge in [-0.1, -0.05) is 12.1 Å². The number of amides is 1. The van der Waals surface area contributed by atoms with Gasteiger partial charge in [-0.05, 0) is 24.1 Å². The molecule has 4 nitrogen and oxygen atoms in total. The van der Waals surface area contributed by atoms with Crippen LogP contribution in [-0.4, -0.2) is 30.6 Å². The molecular weight excluding hydrogens is 221 g/mol. The van der Waals surface area contributed by atoms with E-state index in [0.717, 1.165) is 5.56 Å². The Balaban J connectivity index is 2.61. The third kappa shape index (κ3) is 5.31. The first kappa shape index (κ1) is 13.4. The van der Waals surface area contributed by atoms with Crippen molar-refractivity contribution in [1.29, 1.82) is 0 Å². The number of nitrogens with two attached hydrogens (primary N) is 2. The van der Waals surface area contributed by atoms with Gasteiger partial charge in [0.25, 0.3) is 0 Å². The first-order valence-electron chi connectivity index (χ1n) is 5.53. The maximum Gasteiger partial charge on any atom is 0.231 e. The molecule has 0 bridgehead atoms. The zero-order valence-electron chi connectivity index (χ0n) is 9.73. The van der Waals surface area contributed by atoms with E-state index in [1.54, 1.807) is 6.07 Å². The summed E-state index contributed by atoms with van der Waals surface area (Å²) in [6.45, 7) is 0.795. The molecule has 4 N–H and O–H groups in total. The average molecular weight is 239 g/mol. The molecule has 17 heavy (non-hydrogen) atoms. The Morgan fingerprint density at radius 2 is 2.18 bits per heavy atom. The van der Waals surface area contributed by atoms with Crippen molar-refractivity contribution >= 4 is 11.6 Å². The third-order valence-corrected chi connectivity index (χ3v) is 2.34.